The van der Waals surface area contributed by atoms with E-state index in [1.54, 1.807) is 13.0 Å². The van der Waals surface area contributed by atoms with Crippen LogP contribution in [0.15, 0.2) is 36.4 Å². The maximum atomic E-state index is 12.6. The number of amides is 2. The van der Waals surface area contributed by atoms with Gasteiger partial charge in [-0.15, -0.1) is 0 Å². The number of benzene rings is 2. The second-order valence-corrected chi connectivity index (χ2v) is 5.09. The van der Waals surface area contributed by atoms with Gasteiger partial charge in [0.2, 0.25) is 0 Å². The van der Waals surface area contributed by atoms with Gasteiger partial charge in [0, 0.05) is 0 Å². The number of carboxylic acid groups (broad SMARTS) is 1. The molecule has 1 aliphatic rings. The first kappa shape index (κ1) is 15.5. The zero-order chi connectivity index (χ0) is 17.4. The fourth-order valence-electron chi connectivity index (χ4n) is 2.55. The average molecular weight is 327 g/mol. The van der Waals surface area contributed by atoms with Crippen LogP contribution in [0.1, 0.15) is 38.0 Å². The molecule has 122 valence electrons. The minimum absolute atomic E-state index is 0.0781. The Morgan fingerprint density at radius 3 is 2.46 bits per heavy atom. The molecule has 0 aromatic heterocycles. The van der Waals surface area contributed by atoms with E-state index in [4.69, 9.17) is 9.84 Å². The average Bonchev–Trinajstić information content (AvgIpc) is 2.79. The minimum atomic E-state index is -1.36. The van der Waals surface area contributed by atoms with Crippen LogP contribution >= 0.6 is 0 Å². The van der Waals surface area contributed by atoms with E-state index < -0.39 is 23.5 Å². The molecular formula is C17H13NO6. The molecule has 0 aliphatic carbocycles. The summed E-state index contributed by atoms with van der Waals surface area (Å²) in [6.45, 7) is 2.22. The predicted octanol–water partition coefficient (Wildman–Crippen LogP) is 2.29. The summed E-state index contributed by atoms with van der Waals surface area (Å²) in [5.74, 6) is -2.46. The molecule has 1 heterocycles. The Morgan fingerprint density at radius 2 is 1.79 bits per heavy atom. The number of anilines is 1. The normalized spacial score (nSPS) is 13.1. The van der Waals surface area contributed by atoms with Crippen molar-refractivity contribution in [1.82, 2.24) is 0 Å². The zero-order valence-electron chi connectivity index (χ0n) is 12.6. The summed E-state index contributed by atoms with van der Waals surface area (Å²) in [6.07, 6.45) is 0. The number of phenols is 1. The van der Waals surface area contributed by atoms with E-state index in [0.717, 1.165) is 17.0 Å². The molecule has 1 aliphatic heterocycles. The number of fused-ring (bicyclic) bond motifs is 1. The summed E-state index contributed by atoms with van der Waals surface area (Å²) in [6, 6.07) is 8.11. The van der Waals surface area contributed by atoms with E-state index in [1.807, 2.05) is 0 Å². The number of carbonyl (C=O) groups is 3. The van der Waals surface area contributed by atoms with Crippen LogP contribution < -0.4 is 9.64 Å². The number of hydrogen-bond acceptors (Lipinski definition) is 5. The van der Waals surface area contributed by atoms with E-state index in [-0.39, 0.29) is 22.4 Å². The Kier molecular flexibility index (Phi) is 3.69. The lowest BCUT2D eigenvalue weighted by molar-refractivity contribution is 0.0692. The minimum Gasteiger partial charge on any atom is -0.507 e. The van der Waals surface area contributed by atoms with Crippen molar-refractivity contribution in [3.63, 3.8) is 0 Å². The summed E-state index contributed by atoms with van der Waals surface area (Å²) in [4.78, 5) is 37.1. The van der Waals surface area contributed by atoms with Gasteiger partial charge >= 0.3 is 5.97 Å². The number of carboxylic acids is 1. The number of rotatable bonds is 4. The van der Waals surface area contributed by atoms with E-state index in [2.05, 4.69) is 0 Å². The molecule has 2 aromatic carbocycles. The van der Waals surface area contributed by atoms with Gasteiger partial charge in [-0.25, -0.2) is 9.69 Å². The summed E-state index contributed by atoms with van der Waals surface area (Å²) < 4.78 is 5.33. The molecule has 2 aromatic rings. The third-order valence-electron chi connectivity index (χ3n) is 3.64. The van der Waals surface area contributed by atoms with E-state index in [9.17, 15) is 19.5 Å². The Bertz CT molecular complexity index is 873. The van der Waals surface area contributed by atoms with E-state index in [1.165, 1.54) is 18.2 Å². The van der Waals surface area contributed by atoms with Gasteiger partial charge in [-0.05, 0) is 43.3 Å². The van der Waals surface area contributed by atoms with Crippen LogP contribution in [0.2, 0.25) is 0 Å². The quantitative estimate of drug-likeness (QED) is 0.835. The Morgan fingerprint density at radius 1 is 1.08 bits per heavy atom. The maximum Gasteiger partial charge on any atom is 0.339 e. The van der Waals surface area contributed by atoms with Crippen LogP contribution in [0.5, 0.6) is 11.5 Å². The molecule has 0 fully saturated rings. The van der Waals surface area contributed by atoms with Crippen LogP contribution in [0.25, 0.3) is 0 Å². The fourth-order valence-corrected chi connectivity index (χ4v) is 2.55. The van der Waals surface area contributed by atoms with Crippen molar-refractivity contribution in [3.05, 3.63) is 53.1 Å². The van der Waals surface area contributed by atoms with Gasteiger partial charge in [-0.1, -0.05) is 0 Å². The van der Waals surface area contributed by atoms with Crippen molar-refractivity contribution in [1.29, 1.82) is 0 Å². The highest BCUT2D eigenvalue weighted by Crippen LogP contribution is 2.33. The third-order valence-corrected chi connectivity index (χ3v) is 3.64. The first-order valence-corrected chi connectivity index (χ1v) is 7.16. The molecule has 7 nitrogen and oxygen atoms in total. The van der Waals surface area contributed by atoms with Crippen molar-refractivity contribution in [3.8, 4) is 11.5 Å². The number of nitrogens with zero attached hydrogens (tertiary/aromatic N) is 1. The first-order chi connectivity index (χ1) is 11.4. The van der Waals surface area contributed by atoms with Crippen LogP contribution in [-0.4, -0.2) is 34.6 Å². The van der Waals surface area contributed by atoms with E-state index in [0.29, 0.717) is 12.4 Å². The Balaban J connectivity index is 2.05. The number of aromatic carboxylic acids is 1. The van der Waals surface area contributed by atoms with Gasteiger partial charge in [-0.2, -0.15) is 0 Å². The van der Waals surface area contributed by atoms with Crippen LogP contribution in [-0.2, 0) is 0 Å². The molecule has 0 spiro atoms. The number of ether oxygens (including phenoxy) is 1. The van der Waals surface area contributed by atoms with Gasteiger partial charge in [0.25, 0.3) is 11.8 Å². The molecule has 3 rings (SSSR count). The highest BCUT2D eigenvalue weighted by atomic mass is 16.5. The van der Waals surface area contributed by atoms with Crippen molar-refractivity contribution in [2.24, 2.45) is 0 Å². The van der Waals surface area contributed by atoms with Crippen LogP contribution in [0.4, 0.5) is 5.69 Å². The number of aromatic hydroxyl groups is 1. The van der Waals surface area contributed by atoms with Crippen molar-refractivity contribution in [2.75, 3.05) is 11.5 Å². The molecule has 0 saturated carbocycles. The molecule has 0 atom stereocenters. The van der Waals surface area contributed by atoms with Crippen molar-refractivity contribution in [2.45, 2.75) is 6.92 Å². The monoisotopic (exact) mass is 327 g/mol. The second kappa shape index (κ2) is 5.69. The lowest BCUT2D eigenvalue weighted by atomic mass is 10.1. The van der Waals surface area contributed by atoms with Crippen molar-refractivity contribution >= 4 is 23.5 Å². The van der Waals surface area contributed by atoms with Gasteiger partial charge in [0.05, 0.1) is 23.4 Å². The highest BCUT2D eigenvalue weighted by molar-refractivity contribution is 6.34. The molecule has 0 radical (unpaired) electrons. The van der Waals surface area contributed by atoms with Gasteiger partial charge in [-0.3, -0.25) is 9.59 Å². The smallest absolute Gasteiger partial charge is 0.339 e. The third kappa shape index (κ3) is 2.36. The number of hydrogen-bond donors (Lipinski definition) is 2. The standard InChI is InChI=1S/C17H13NO6/c1-2-24-10-4-5-11-12(8-10)16(21)18(15(11)20)9-3-6-14(19)13(7-9)17(22)23/h3-8,19H,2H2,1H3,(H,22,23). The molecule has 24 heavy (non-hydrogen) atoms. The molecule has 0 bridgehead atoms. The lowest BCUT2D eigenvalue weighted by Gasteiger charge is -2.14. The van der Waals surface area contributed by atoms with Crippen LogP contribution in [0.3, 0.4) is 0 Å². The highest BCUT2D eigenvalue weighted by Gasteiger charge is 2.37. The number of imide groups is 1. The predicted molar refractivity (Wildman–Crippen MR) is 83.8 cm³/mol. The van der Waals surface area contributed by atoms with Crippen LogP contribution in [0, 0.1) is 0 Å². The summed E-state index contributed by atoms with van der Waals surface area (Å²) in [5.41, 5.74) is 0.0951. The molecule has 2 N–H and O–H groups in total. The van der Waals surface area contributed by atoms with Gasteiger partial charge in [0.1, 0.15) is 17.1 Å². The number of carbonyl (C=O) groups excluding carboxylic acids is 2. The second-order valence-electron chi connectivity index (χ2n) is 5.09. The lowest BCUT2D eigenvalue weighted by Crippen LogP contribution is -2.29. The SMILES string of the molecule is CCOc1ccc2c(c1)C(=O)N(c1ccc(O)c(C(=O)O)c1)C2=O. The topological polar surface area (TPSA) is 104 Å². The Hall–Kier alpha value is -3.35. The van der Waals surface area contributed by atoms with Crippen molar-refractivity contribution < 1.29 is 29.3 Å². The molecule has 7 heteroatoms. The molecule has 0 unspecified atom stereocenters. The summed E-state index contributed by atoms with van der Waals surface area (Å²) >= 11 is 0. The van der Waals surface area contributed by atoms with Gasteiger partial charge in [0.15, 0.2) is 0 Å². The molecule has 0 saturated heterocycles. The fraction of sp³-hybridized carbons (Fsp3) is 0.118. The summed E-state index contributed by atoms with van der Waals surface area (Å²) in [5, 5.41) is 18.6. The van der Waals surface area contributed by atoms with Gasteiger partial charge < -0.3 is 14.9 Å². The zero-order valence-corrected chi connectivity index (χ0v) is 12.6. The largest absolute Gasteiger partial charge is 0.507 e. The molecule has 2 amide bonds. The summed E-state index contributed by atoms with van der Waals surface area (Å²) in [7, 11) is 0. The first-order valence-electron chi connectivity index (χ1n) is 7.16. The van der Waals surface area contributed by atoms with E-state index >= 15 is 0 Å². The molecular weight excluding hydrogens is 314 g/mol. The maximum absolute atomic E-state index is 12.6. The Labute approximate surface area is 136 Å².